The van der Waals surface area contributed by atoms with Crippen LogP contribution in [-0.4, -0.2) is 93.3 Å². The highest BCUT2D eigenvalue weighted by atomic mass is 16.7. The highest BCUT2D eigenvalue weighted by Crippen LogP contribution is 2.55. The first kappa shape index (κ1) is 51.5. The predicted molar refractivity (Wildman–Crippen MR) is 245 cm³/mol. The summed E-state index contributed by atoms with van der Waals surface area (Å²) >= 11 is 0. The number of amides is 1. The second-order valence-electron chi connectivity index (χ2n) is 17.5. The summed E-state index contributed by atoms with van der Waals surface area (Å²) in [6.07, 6.45) is 14.6. The van der Waals surface area contributed by atoms with E-state index in [1.165, 1.54) is 85.3 Å². The van der Waals surface area contributed by atoms with E-state index in [4.69, 9.17) is 23.8 Å². The minimum absolute atomic E-state index is 0.0438. The molecule has 0 saturated heterocycles. The SMILES string of the molecule is CCCCCCCCCCCO/N=C/c1c2c(O)c3c(O)c(C)c4c(c3c1O)C(=O)[C@@](C)(O/C=C\[C@H](OC)[C@@H](C)[C@@H](OC(C)=O)[C@H](C)[C@H](O)[C@H](C)[C@@H](O)[C@@H](C)/C=C\C=C(\C)C(=O)N2)O4. The number of anilines is 1. The van der Waals surface area contributed by atoms with Crippen LogP contribution in [0, 0.1) is 30.6 Å². The first-order valence-corrected chi connectivity index (χ1v) is 22.6. The average molecular weight is 895 g/mol. The Bertz CT molecular complexity index is 2090. The Balaban J connectivity index is 1.82. The van der Waals surface area contributed by atoms with Gasteiger partial charge in [0.2, 0.25) is 0 Å². The Morgan fingerprint density at radius 3 is 2.14 bits per heavy atom. The van der Waals surface area contributed by atoms with Crippen LogP contribution in [0.3, 0.4) is 0 Å². The van der Waals surface area contributed by atoms with Gasteiger partial charge in [-0.2, -0.15) is 0 Å². The number of nitrogens with one attached hydrogen (secondary N) is 1. The summed E-state index contributed by atoms with van der Waals surface area (Å²) in [6, 6.07) is 0. The van der Waals surface area contributed by atoms with E-state index in [-0.39, 0.29) is 51.1 Å². The number of aromatic hydroxyl groups is 3. The second-order valence-corrected chi connectivity index (χ2v) is 17.5. The van der Waals surface area contributed by atoms with Gasteiger partial charge in [-0.25, -0.2) is 0 Å². The molecule has 2 aromatic rings. The molecule has 0 saturated carbocycles. The number of aliphatic hydroxyl groups is 2. The molecule has 0 spiro atoms. The van der Waals surface area contributed by atoms with Crippen LogP contribution in [-0.2, 0) is 28.6 Å². The van der Waals surface area contributed by atoms with Crippen LogP contribution in [0.25, 0.3) is 10.8 Å². The summed E-state index contributed by atoms with van der Waals surface area (Å²) in [5.41, 5.74) is -0.530. The summed E-state index contributed by atoms with van der Waals surface area (Å²) < 4.78 is 23.6. The normalized spacial score (nSPS) is 28.7. The third-order valence-electron chi connectivity index (χ3n) is 12.6. The Morgan fingerprint density at radius 2 is 1.52 bits per heavy atom. The summed E-state index contributed by atoms with van der Waals surface area (Å²) in [7, 11) is 1.44. The lowest BCUT2D eigenvalue weighted by Gasteiger charge is -2.38. The molecule has 0 aromatic heterocycles. The minimum Gasteiger partial charge on any atom is -0.507 e. The number of allylic oxidation sites excluding steroid dienone is 2. The van der Waals surface area contributed by atoms with Crippen LogP contribution < -0.4 is 10.1 Å². The van der Waals surface area contributed by atoms with Crippen LogP contribution in [0.5, 0.6) is 23.0 Å². The maximum Gasteiger partial charge on any atom is 0.312 e. The Kier molecular flexibility index (Phi) is 18.7. The fourth-order valence-corrected chi connectivity index (χ4v) is 8.49. The number of benzene rings is 2. The average Bonchev–Trinajstić information content (AvgIpc) is 3.52. The quantitative estimate of drug-likeness (QED) is 0.0261. The second kappa shape index (κ2) is 23.2. The van der Waals surface area contributed by atoms with Crippen molar-refractivity contribution in [1.82, 2.24) is 0 Å². The zero-order chi connectivity index (χ0) is 47.5. The number of aliphatic hydroxyl groups excluding tert-OH is 2. The number of Topliss-reactive ketones (excluding diaryl/α,β-unsaturated/α-hetero) is 1. The predicted octanol–water partition coefficient (Wildman–Crippen LogP) is 8.64. The fourth-order valence-electron chi connectivity index (χ4n) is 8.49. The summed E-state index contributed by atoms with van der Waals surface area (Å²) in [6.45, 7) is 15.0. The molecular formula is C49H70N2O13. The van der Waals surface area contributed by atoms with E-state index in [2.05, 4.69) is 17.4 Å². The Hall–Kier alpha value is -5.12. The highest BCUT2D eigenvalue weighted by Gasteiger charge is 2.50. The Morgan fingerprint density at radius 1 is 0.875 bits per heavy atom. The fraction of sp³-hybridized carbons (Fsp3) is 0.592. The van der Waals surface area contributed by atoms with Crippen LogP contribution in [0.15, 0.2) is 41.3 Å². The smallest absolute Gasteiger partial charge is 0.312 e. The zero-order valence-electron chi connectivity index (χ0n) is 39.1. The number of nitrogens with zero attached hydrogens (tertiary/aromatic N) is 1. The number of fused-ring (bicyclic) bond motifs is 14. The largest absolute Gasteiger partial charge is 0.507 e. The molecule has 5 bridgehead atoms. The first-order valence-electron chi connectivity index (χ1n) is 22.6. The van der Waals surface area contributed by atoms with Crippen LogP contribution in [0.2, 0.25) is 0 Å². The van der Waals surface area contributed by atoms with Gasteiger partial charge in [0.25, 0.3) is 11.7 Å². The third kappa shape index (κ3) is 11.8. The number of ketones is 1. The number of phenolic OH excluding ortho intramolecular Hbond substituents is 3. The van der Waals surface area contributed by atoms with E-state index in [0.29, 0.717) is 0 Å². The van der Waals surface area contributed by atoms with Gasteiger partial charge in [-0.15, -0.1) is 0 Å². The summed E-state index contributed by atoms with van der Waals surface area (Å²) in [5, 5.41) is 64.6. The van der Waals surface area contributed by atoms with Gasteiger partial charge in [0, 0.05) is 61.2 Å². The van der Waals surface area contributed by atoms with E-state index in [1.54, 1.807) is 39.8 Å². The van der Waals surface area contributed by atoms with Gasteiger partial charge in [0.1, 0.15) is 30.0 Å². The number of methoxy groups -OCH3 is 1. The van der Waals surface area contributed by atoms with Gasteiger partial charge < -0.3 is 54.6 Å². The van der Waals surface area contributed by atoms with Crippen molar-refractivity contribution >= 4 is 40.3 Å². The molecule has 15 nitrogen and oxygen atoms in total. The number of oxime groups is 1. The van der Waals surface area contributed by atoms with Gasteiger partial charge >= 0.3 is 11.8 Å². The lowest BCUT2D eigenvalue weighted by atomic mass is 9.78. The number of phenols is 3. The van der Waals surface area contributed by atoms with Gasteiger partial charge in [-0.1, -0.05) is 103 Å². The number of unbranched alkanes of at least 4 members (excludes halogenated alkanes) is 8. The molecular weight excluding hydrogens is 825 g/mol. The van der Waals surface area contributed by atoms with Crippen molar-refractivity contribution in [3.8, 4) is 23.0 Å². The summed E-state index contributed by atoms with van der Waals surface area (Å²) in [5.74, 6) is -8.54. The molecule has 0 unspecified atom stereocenters. The van der Waals surface area contributed by atoms with Gasteiger partial charge in [0.15, 0.2) is 5.75 Å². The van der Waals surface area contributed by atoms with E-state index in [0.717, 1.165) is 31.9 Å². The van der Waals surface area contributed by atoms with Crippen molar-refractivity contribution in [1.29, 1.82) is 0 Å². The molecule has 354 valence electrons. The van der Waals surface area contributed by atoms with Gasteiger partial charge in [-0.05, 0) is 32.8 Å². The van der Waals surface area contributed by atoms with Crippen molar-refractivity contribution in [3.63, 3.8) is 0 Å². The molecule has 3 heterocycles. The number of esters is 1. The number of ether oxygens (including phenoxy) is 4. The molecule has 64 heavy (non-hydrogen) atoms. The Labute approximate surface area is 377 Å². The van der Waals surface area contributed by atoms with Crippen molar-refractivity contribution < 1.29 is 63.7 Å². The highest BCUT2D eigenvalue weighted by molar-refractivity contribution is 6.23. The lowest BCUT2D eigenvalue weighted by molar-refractivity contribution is -0.160. The molecule has 0 aliphatic carbocycles. The lowest BCUT2D eigenvalue weighted by Crippen LogP contribution is -2.46. The standard InChI is InChI=1S/C49H70N2O13/c1-11-12-13-14-15-16-17-18-19-24-62-50-26-34-39-44(57)37-36(43(34)56)38-46(32(7)42(37)55)64-49(9,47(38)58)61-25-23-35(60-10)29(4)45(63-33(8)52)31(6)41(54)30(5)40(53)27(2)21-20-22-28(3)48(59)51-39/h20-23,25-27,29-31,35,40-41,45,53-57H,11-19,24H2,1-10H3,(H,51,59)/b21-20-,25-23-,28-22-,50-26+/t27-,29+,30+,31+,35-,40-,41+,45+,49-/m0/s1. The van der Waals surface area contributed by atoms with E-state index >= 15 is 0 Å². The first-order chi connectivity index (χ1) is 30.3. The monoisotopic (exact) mass is 894 g/mol. The van der Waals surface area contributed by atoms with Crippen molar-refractivity contribution in [2.45, 2.75) is 150 Å². The van der Waals surface area contributed by atoms with Gasteiger partial charge in [0.05, 0.1) is 53.0 Å². The molecule has 0 fully saturated rings. The molecule has 3 aliphatic rings. The maximum atomic E-state index is 14.5. The van der Waals surface area contributed by atoms with Crippen molar-refractivity contribution in [3.05, 3.63) is 52.8 Å². The molecule has 6 N–H and O–H groups in total. The molecule has 0 radical (unpaired) electrons. The molecule has 5 rings (SSSR count). The molecule has 1 amide bonds. The zero-order valence-corrected chi connectivity index (χ0v) is 39.1. The van der Waals surface area contributed by atoms with Crippen LogP contribution >= 0.6 is 0 Å². The van der Waals surface area contributed by atoms with E-state index in [9.17, 15) is 39.9 Å². The maximum absolute atomic E-state index is 14.5. The number of rotatable bonds is 14. The van der Waals surface area contributed by atoms with E-state index in [1.807, 2.05) is 0 Å². The topological polar surface area (TPSA) is 223 Å². The number of hydrogen-bond donors (Lipinski definition) is 6. The minimum atomic E-state index is -2.06. The van der Waals surface area contributed by atoms with Gasteiger partial charge in [-0.3, -0.25) is 14.4 Å². The number of hydrogen-bond acceptors (Lipinski definition) is 14. The van der Waals surface area contributed by atoms with E-state index < -0.39 is 88.8 Å². The van der Waals surface area contributed by atoms with Crippen molar-refractivity contribution in [2.24, 2.45) is 28.8 Å². The molecule has 9 atom stereocenters. The third-order valence-corrected chi connectivity index (χ3v) is 12.6. The molecule has 2 aromatic carbocycles. The van der Waals surface area contributed by atoms with Crippen LogP contribution in [0.4, 0.5) is 5.69 Å². The number of carbonyl (C=O) groups excluding carboxylic acids is 3. The summed E-state index contributed by atoms with van der Waals surface area (Å²) in [4.78, 5) is 46.1. The molecule has 3 aliphatic heterocycles. The molecule has 15 heteroatoms. The van der Waals surface area contributed by atoms with Crippen LogP contribution in [0.1, 0.15) is 135 Å². The number of carbonyl (C=O) groups is 3. The van der Waals surface area contributed by atoms with Crippen molar-refractivity contribution in [2.75, 3.05) is 19.0 Å².